The Morgan fingerprint density at radius 2 is 2.25 bits per heavy atom. The molecule has 0 aromatic carbocycles. The Bertz CT molecular complexity index is 709. The Kier molecular flexibility index (Phi) is 5.43. The fraction of sp³-hybridized carbons (Fsp3) is 0.368. The Labute approximate surface area is 147 Å². The highest BCUT2D eigenvalue weighted by Crippen LogP contribution is 2.31. The number of nitrogens with zero attached hydrogens (tertiary/aromatic N) is 3. The maximum Gasteiger partial charge on any atom is 0.247 e. The maximum atomic E-state index is 12.6. The van der Waals surface area contributed by atoms with Gasteiger partial charge in [0, 0.05) is 24.0 Å². The van der Waals surface area contributed by atoms with Crippen LogP contribution in [0.4, 0.5) is 0 Å². The molecule has 0 radical (unpaired) electrons. The summed E-state index contributed by atoms with van der Waals surface area (Å²) >= 11 is 1.64. The molecule has 0 N–H and O–H groups in total. The molecule has 3 heterocycles. The summed E-state index contributed by atoms with van der Waals surface area (Å²) in [5, 5.41) is 2.02. The number of hydrogen-bond donors (Lipinski definition) is 0. The predicted octanol–water partition coefficient (Wildman–Crippen LogP) is 3.58. The molecule has 0 bridgehead atoms. The number of rotatable bonds is 5. The molecule has 2 aromatic rings. The lowest BCUT2D eigenvalue weighted by Gasteiger charge is -2.23. The van der Waals surface area contributed by atoms with Gasteiger partial charge in [-0.15, -0.1) is 11.3 Å². The lowest BCUT2D eigenvalue weighted by Crippen LogP contribution is -2.29. The molecule has 0 unspecified atom stereocenters. The van der Waals surface area contributed by atoms with Gasteiger partial charge in [-0.05, 0) is 56.6 Å². The maximum absolute atomic E-state index is 12.6. The topological polar surface area (TPSA) is 36.4 Å². The summed E-state index contributed by atoms with van der Waals surface area (Å²) in [7, 11) is 4.07. The Morgan fingerprint density at radius 3 is 3.00 bits per heavy atom. The van der Waals surface area contributed by atoms with E-state index >= 15 is 0 Å². The van der Waals surface area contributed by atoms with Crippen molar-refractivity contribution in [3.63, 3.8) is 0 Å². The van der Waals surface area contributed by atoms with E-state index in [-0.39, 0.29) is 11.9 Å². The zero-order valence-electron chi connectivity index (χ0n) is 14.2. The third-order valence-electron chi connectivity index (χ3n) is 4.12. The lowest BCUT2D eigenvalue weighted by atomic mass is 10.1. The minimum absolute atomic E-state index is 0.0747. The molecule has 0 spiro atoms. The molecule has 5 heteroatoms. The van der Waals surface area contributed by atoms with Crippen LogP contribution in [-0.2, 0) is 11.3 Å². The number of pyridine rings is 1. The van der Waals surface area contributed by atoms with E-state index in [4.69, 9.17) is 4.98 Å². The van der Waals surface area contributed by atoms with Gasteiger partial charge in [0.1, 0.15) is 0 Å². The van der Waals surface area contributed by atoms with Gasteiger partial charge in [-0.1, -0.05) is 12.1 Å². The summed E-state index contributed by atoms with van der Waals surface area (Å²) < 4.78 is 0. The number of carbonyl (C=O) groups is 1. The van der Waals surface area contributed by atoms with Gasteiger partial charge in [-0.2, -0.15) is 0 Å². The van der Waals surface area contributed by atoms with Gasteiger partial charge in [-0.25, -0.2) is 0 Å². The second-order valence-electron chi connectivity index (χ2n) is 6.33. The molecule has 0 saturated carbocycles. The van der Waals surface area contributed by atoms with Crippen LogP contribution in [0.2, 0.25) is 0 Å². The first-order valence-electron chi connectivity index (χ1n) is 8.26. The third kappa shape index (κ3) is 4.10. The van der Waals surface area contributed by atoms with E-state index < -0.39 is 0 Å². The Balaban J connectivity index is 1.74. The second-order valence-corrected chi connectivity index (χ2v) is 7.31. The highest BCUT2D eigenvalue weighted by molar-refractivity contribution is 7.10. The van der Waals surface area contributed by atoms with Gasteiger partial charge in [0.05, 0.1) is 17.4 Å². The van der Waals surface area contributed by atoms with E-state index in [1.807, 2.05) is 60.8 Å². The van der Waals surface area contributed by atoms with Crippen molar-refractivity contribution in [2.24, 2.45) is 0 Å². The number of amides is 1. The molecule has 24 heavy (non-hydrogen) atoms. The van der Waals surface area contributed by atoms with Crippen LogP contribution < -0.4 is 0 Å². The number of aromatic nitrogens is 1. The van der Waals surface area contributed by atoms with E-state index in [2.05, 4.69) is 4.90 Å². The molecule has 1 fully saturated rings. The van der Waals surface area contributed by atoms with Gasteiger partial charge in [0.25, 0.3) is 0 Å². The monoisotopic (exact) mass is 341 g/mol. The first kappa shape index (κ1) is 16.9. The smallest absolute Gasteiger partial charge is 0.247 e. The normalized spacial score (nSPS) is 18.0. The van der Waals surface area contributed by atoms with Crippen molar-refractivity contribution < 1.29 is 4.79 Å². The van der Waals surface area contributed by atoms with Crippen LogP contribution in [0, 0.1) is 0 Å². The van der Waals surface area contributed by atoms with Gasteiger partial charge in [-0.3, -0.25) is 9.78 Å². The summed E-state index contributed by atoms with van der Waals surface area (Å²) in [5.74, 6) is 0.0747. The van der Waals surface area contributed by atoms with Crippen molar-refractivity contribution in [1.82, 2.24) is 14.8 Å². The average Bonchev–Trinajstić information content (AvgIpc) is 3.23. The lowest BCUT2D eigenvalue weighted by molar-refractivity contribution is -0.126. The molecular formula is C19H23N3OS. The van der Waals surface area contributed by atoms with Crippen LogP contribution in [0.25, 0.3) is 6.08 Å². The van der Waals surface area contributed by atoms with Crippen LogP contribution >= 0.6 is 11.3 Å². The van der Waals surface area contributed by atoms with Crippen LogP contribution in [0.15, 0.2) is 41.8 Å². The number of hydrogen-bond acceptors (Lipinski definition) is 4. The quantitative estimate of drug-likeness (QED) is 0.780. The van der Waals surface area contributed by atoms with Crippen molar-refractivity contribution in [2.45, 2.75) is 25.4 Å². The van der Waals surface area contributed by atoms with Crippen molar-refractivity contribution in [2.75, 3.05) is 20.6 Å². The van der Waals surface area contributed by atoms with Crippen LogP contribution in [-0.4, -0.2) is 41.3 Å². The van der Waals surface area contributed by atoms with E-state index in [0.717, 1.165) is 42.2 Å². The van der Waals surface area contributed by atoms with E-state index in [1.165, 1.54) is 0 Å². The fourth-order valence-electron chi connectivity index (χ4n) is 3.07. The summed E-state index contributed by atoms with van der Waals surface area (Å²) in [6, 6.07) is 10.2. The molecular weight excluding hydrogens is 318 g/mol. The molecule has 1 amide bonds. The highest BCUT2D eigenvalue weighted by atomic mass is 32.1. The average molecular weight is 341 g/mol. The summed E-state index contributed by atoms with van der Waals surface area (Å²) in [5.41, 5.74) is 2.05. The molecule has 1 saturated heterocycles. The van der Waals surface area contributed by atoms with Crippen molar-refractivity contribution >= 4 is 23.3 Å². The molecule has 4 nitrogen and oxygen atoms in total. The number of thiophene rings is 1. The molecule has 0 aliphatic carbocycles. The fourth-order valence-corrected chi connectivity index (χ4v) is 3.69. The van der Waals surface area contributed by atoms with Gasteiger partial charge in [0.2, 0.25) is 5.91 Å². The van der Waals surface area contributed by atoms with Crippen LogP contribution in [0.1, 0.15) is 35.1 Å². The van der Waals surface area contributed by atoms with E-state index in [0.29, 0.717) is 0 Å². The van der Waals surface area contributed by atoms with E-state index in [9.17, 15) is 4.79 Å². The number of carbonyl (C=O) groups excluding carboxylic acids is 1. The Morgan fingerprint density at radius 1 is 1.38 bits per heavy atom. The number of likely N-dealkylation sites (tertiary alicyclic amines) is 1. The standard InChI is InChI=1S/C19H23N3OS/c1-21(2)14-15-6-3-8-17(20-15)18-9-4-12-22(18)19(23)11-10-16-7-5-13-24-16/h3,5-8,10-11,13,18H,4,9,12,14H2,1-2H3/b11-10+/t18-/m0/s1. The zero-order chi connectivity index (χ0) is 16.9. The second kappa shape index (κ2) is 7.73. The SMILES string of the molecule is CN(C)Cc1cccc([C@@H]2CCCN2C(=O)/C=C/c2cccs2)n1. The van der Waals surface area contributed by atoms with Gasteiger partial charge in [0.15, 0.2) is 0 Å². The molecule has 1 aliphatic heterocycles. The first-order chi connectivity index (χ1) is 11.6. The first-order valence-corrected chi connectivity index (χ1v) is 9.14. The third-order valence-corrected chi connectivity index (χ3v) is 4.95. The molecule has 126 valence electrons. The molecule has 2 aromatic heterocycles. The summed E-state index contributed by atoms with van der Waals surface area (Å²) in [6.45, 7) is 1.62. The van der Waals surface area contributed by atoms with Crippen molar-refractivity contribution in [1.29, 1.82) is 0 Å². The van der Waals surface area contributed by atoms with E-state index in [1.54, 1.807) is 17.4 Å². The van der Waals surface area contributed by atoms with Crippen LogP contribution in [0.5, 0.6) is 0 Å². The Hall–Kier alpha value is -1.98. The molecule has 1 atom stereocenters. The summed E-state index contributed by atoms with van der Waals surface area (Å²) in [4.78, 5) is 22.5. The minimum atomic E-state index is 0.0747. The predicted molar refractivity (Wildman–Crippen MR) is 98.7 cm³/mol. The van der Waals surface area contributed by atoms with Gasteiger partial charge < -0.3 is 9.80 Å². The van der Waals surface area contributed by atoms with Crippen molar-refractivity contribution in [3.05, 3.63) is 58.1 Å². The minimum Gasteiger partial charge on any atom is -0.331 e. The van der Waals surface area contributed by atoms with Crippen LogP contribution in [0.3, 0.4) is 0 Å². The molecule has 1 aliphatic rings. The zero-order valence-corrected chi connectivity index (χ0v) is 15.0. The largest absolute Gasteiger partial charge is 0.331 e. The van der Waals surface area contributed by atoms with Gasteiger partial charge >= 0.3 is 0 Å². The highest BCUT2D eigenvalue weighted by Gasteiger charge is 2.29. The van der Waals surface area contributed by atoms with Crippen molar-refractivity contribution in [3.8, 4) is 0 Å². The molecule has 3 rings (SSSR count). The summed E-state index contributed by atoms with van der Waals surface area (Å²) in [6.07, 6.45) is 5.60.